The van der Waals surface area contributed by atoms with Gasteiger partial charge in [-0.1, -0.05) is 42.5 Å². The summed E-state index contributed by atoms with van der Waals surface area (Å²) in [6, 6.07) is 24.3. The lowest BCUT2D eigenvalue weighted by molar-refractivity contribution is -0.138. The number of nitrogens with zero attached hydrogens (tertiary/aromatic N) is 3. The van der Waals surface area contributed by atoms with E-state index in [2.05, 4.69) is 21.0 Å². The zero-order valence-electron chi connectivity index (χ0n) is 24.3. The van der Waals surface area contributed by atoms with Gasteiger partial charge < -0.3 is 19.7 Å². The van der Waals surface area contributed by atoms with Crippen molar-refractivity contribution in [3.05, 3.63) is 107 Å². The normalized spacial score (nSPS) is 18.3. The van der Waals surface area contributed by atoms with Crippen LogP contribution in [0.15, 0.2) is 94.4 Å². The van der Waals surface area contributed by atoms with E-state index >= 15 is 0 Å². The Balaban J connectivity index is 0.000000167. The number of carboxylic acid groups (broad SMARTS) is 2. The van der Waals surface area contributed by atoms with E-state index in [0.29, 0.717) is 28.9 Å². The molecule has 0 bridgehead atoms. The Morgan fingerprint density at radius 1 is 0.844 bits per heavy atom. The minimum Gasteiger partial charge on any atom is -0.497 e. The SMILES string of the molecule is COc1ccc2c(c1)CC(C1=NC(C(=O)O)CS1)=C2.O=C(O)[C@H]1CSC(c2ccc3cc(OCc4ccccc4)ccc3n2)=N1. The highest BCUT2D eigenvalue weighted by Crippen LogP contribution is 2.34. The van der Waals surface area contributed by atoms with Crippen LogP contribution >= 0.6 is 23.5 Å². The monoisotopic (exact) mass is 639 g/mol. The molecule has 45 heavy (non-hydrogen) atoms. The highest BCUT2D eigenvalue weighted by atomic mass is 32.2. The van der Waals surface area contributed by atoms with Gasteiger partial charge in [0, 0.05) is 23.3 Å². The van der Waals surface area contributed by atoms with Crippen molar-refractivity contribution < 1.29 is 29.3 Å². The number of hydrogen-bond donors (Lipinski definition) is 2. The molecule has 228 valence electrons. The summed E-state index contributed by atoms with van der Waals surface area (Å²) in [6.07, 6.45) is 2.88. The van der Waals surface area contributed by atoms with Gasteiger partial charge >= 0.3 is 11.9 Å². The van der Waals surface area contributed by atoms with E-state index in [9.17, 15) is 9.59 Å². The second-order valence-electron chi connectivity index (χ2n) is 10.4. The summed E-state index contributed by atoms with van der Waals surface area (Å²) in [6.45, 7) is 0.516. The first-order valence-corrected chi connectivity index (χ1v) is 16.2. The predicted octanol–water partition coefficient (Wildman–Crippen LogP) is 5.99. The van der Waals surface area contributed by atoms with Crippen LogP contribution in [0.5, 0.6) is 11.5 Å². The molecule has 0 amide bonds. The maximum absolute atomic E-state index is 11.0. The fourth-order valence-electron chi connectivity index (χ4n) is 4.95. The summed E-state index contributed by atoms with van der Waals surface area (Å²) in [5, 5.41) is 20.5. The molecule has 9 nitrogen and oxygen atoms in total. The van der Waals surface area contributed by atoms with E-state index in [-0.39, 0.29) is 0 Å². The van der Waals surface area contributed by atoms with Crippen LogP contribution in [0.25, 0.3) is 17.0 Å². The largest absolute Gasteiger partial charge is 0.497 e. The number of aliphatic carboxylic acids is 2. The van der Waals surface area contributed by atoms with E-state index in [1.54, 1.807) is 7.11 Å². The molecule has 2 N–H and O–H groups in total. The van der Waals surface area contributed by atoms with E-state index in [1.807, 2.05) is 78.9 Å². The number of ether oxygens (including phenoxy) is 2. The van der Waals surface area contributed by atoms with Crippen LogP contribution in [0.3, 0.4) is 0 Å². The molecule has 0 fully saturated rings. The Kier molecular flexibility index (Phi) is 9.18. The number of rotatable bonds is 8. The Morgan fingerprint density at radius 3 is 2.27 bits per heavy atom. The first-order chi connectivity index (χ1) is 21.9. The minimum atomic E-state index is -0.895. The average molecular weight is 640 g/mol. The van der Waals surface area contributed by atoms with Crippen LogP contribution in [0.1, 0.15) is 22.4 Å². The number of hydrogen-bond acceptors (Lipinski definition) is 9. The van der Waals surface area contributed by atoms with Gasteiger partial charge in [-0.3, -0.25) is 9.98 Å². The molecule has 1 unspecified atom stereocenters. The Bertz CT molecular complexity index is 1860. The van der Waals surface area contributed by atoms with Crippen molar-refractivity contribution in [2.75, 3.05) is 18.6 Å². The number of thioether (sulfide) groups is 2. The Hall–Kier alpha value is -4.61. The molecule has 0 saturated heterocycles. The van der Waals surface area contributed by atoms with Crippen molar-refractivity contribution in [2.45, 2.75) is 25.1 Å². The molecule has 7 rings (SSSR count). The lowest BCUT2D eigenvalue weighted by atomic mass is 10.1. The Morgan fingerprint density at radius 2 is 1.56 bits per heavy atom. The van der Waals surface area contributed by atoms with Crippen LogP contribution in [-0.4, -0.2) is 67.9 Å². The maximum atomic E-state index is 11.0. The number of carboxylic acids is 2. The smallest absolute Gasteiger partial charge is 0.329 e. The lowest BCUT2D eigenvalue weighted by Crippen LogP contribution is -2.17. The van der Waals surface area contributed by atoms with Gasteiger partial charge in [-0.15, -0.1) is 23.5 Å². The van der Waals surface area contributed by atoms with Crippen molar-refractivity contribution >= 4 is 62.5 Å². The molecule has 3 aliphatic rings. The first kappa shape index (κ1) is 30.4. The van der Waals surface area contributed by atoms with Crippen LogP contribution in [0, 0.1) is 0 Å². The summed E-state index contributed by atoms with van der Waals surface area (Å²) < 4.78 is 11.1. The quantitative estimate of drug-likeness (QED) is 0.239. The van der Waals surface area contributed by atoms with Crippen molar-refractivity contribution in [1.29, 1.82) is 0 Å². The summed E-state index contributed by atoms with van der Waals surface area (Å²) in [7, 11) is 1.65. The van der Waals surface area contributed by atoms with Crippen LogP contribution in [0.4, 0.5) is 0 Å². The van der Waals surface area contributed by atoms with Gasteiger partial charge in [0.15, 0.2) is 12.1 Å². The zero-order chi connectivity index (χ0) is 31.3. The van der Waals surface area contributed by atoms with E-state index in [0.717, 1.165) is 50.6 Å². The average Bonchev–Trinajstić information content (AvgIpc) is 3.84. The van der Waals surface area contributed by atoms with Gasteiger partial charge in [-0.25, -0.2) is 14.6 Å². The summed E-state index contributed by atoms with van der Waals surface area (Å²) >= 11 is 2.96. The molecule has 3 aromatic carbocycles. The number of benzene rings is 3. The number of aromatic nitrogens is 1. The minimum absolute atomic E-state index is 0.455. The molecule has 1 aromatic heterocycles. The first-order valence-electron chi connectivity index (χ1n) is 14.2. The van der Waals surface area contributed by atoms with Gasteiger partial charge in [0.2, 0.25) is 0 Å². The number of aliphatic imine (C=N–C) groups is 2. The number of pyridine rings is 1. The van der Waals surface area contributed by atoms with Crippen molar-refractivity contribution in [3.8, 4) is 11.5 Å². The fourth-order valence-corrected chi connectivity index (χ4v) is 7.00. The molecular weight excluding hydrogens is 611 g/mol. The fraction of sp³-hybridized carbons (Fsp3) is 0.206. The molecule has 2 aliphatic heterocycles. The van der Waals surface area contributed by atoms with Gasteiger partial charge in [0.1, 0.15) is 23.1 Å². The second-order valence-corrected chi connectivity index (χ2v) is 12.5. The molecule has 0 spiro atoms. The Labute approximate surface area is 268 Å². The lowest BCUT2D eigenvalue weighted by Gasteiger charge is -2.08. The number of methoxy groups -OCH3 is 1. The standard InChI is InChI=1S/C20H16N2O3S.C14H13NO3S/c23-20(24)18-12-26-19(22-18)17-8-6-14-10-15(7-9-16(14)21-17)25-11-13-4-2-1-3-5-13;1-18-11-3-2-8-4-10(5-9(8)6-11)13-15-12(7-19-13)14(16)17/h1-10,18H,11-12H2,(H,23,24);2-4,6,12H,5,7H2,1H3,(H,16,17)/t18-;/m1./s1. The third-order valence-corrected chi connectivity index (χ3v) is 9.53. The highest BCUT2D eigenvalue weighted by molar-refractivity contribution is 8.15. The van der Waals surface area contributed by atoms with Crippen LogP contribution in [-0.2, 0) is 22.6 Å². The van der Waals surface area contributed by atoms with Crippen LogP contribution < -0.4 is 9.47 Å². The van der Waals surface area contributed by atoms with E-state index < -0.39 is 24.0 Å². The van der Waals surface area contributed by atoms with Gasteiger partial charge in [-0.05, 0) is 64.7 Å². The molecule has 0 saturated carbocycles. The van der Waals surface area contributed by atoms with Gasteiger partial charge in [0.05, 0.1) is 23.4 Å². The molecule has 2 atom stereocenters. The molecule has 3 heterocycles. The second kappa shape index (κ2) is 13.6. The van der Waals surface area contributed by atoms with Crippen molar-refractivity contribution in [3.63, 3.8) is 0 Å². The van der Waals surface area contributed by atoms with Gasteiger partial charge in [0.25, 0.3) is 0 Å². The van der Waals surface area contributed by atoms with E-state index in [4.69, 9.17) is 19.7 Å². The predicted molar refractivity (Wildman–Crippen MR) is 179 cm³/mol. The third kappa shape index (κ3) is 7.21. The highest BCUT2D eigenvalue weighted by Gasteiger charge is 2.28. The number of carbonyl (C=O) groups is 2. The number of fused-ring (bicyclic) bond motifs is 2. The van der Waals surface area contributed by atoms with Crippen LogP contribution in [0.2, 0.25) is 0 Å². The molecule has 11 heteroatoms. The maximum Gasteiger partial charge on any atom is 0.329 e. The summed E-state index contributed by atoms with van der Waals surface area (Å²) in [4.78, 5) is 35.1. The molecular formula is C34H29N3O6S2. The molecule has 1 aliphatic carbocycles. The van der Waals surface area contributed by atoms with Gasteiger partial charge in [-0.2, -0.15) is 0 Å². The van der Waals surface area contributed by atoms with Crippen molar-refractivity contribution in [2.24, 2.45) is 9.98 Å². The zero-order valence-corrected chi connectivity index (χ0v) is 25.9. The summed E-state index contributed by atoms with van der Waals surface area (Å²) in [5.74, 6) is 0.874. The molecule has 0 radical (unpaired) electrons. The van der Waals surface area contributed by atoms with E-state index in [1.165, 1.54) is 29.1 Å². The summed E-state index contributed by atoms with van der Waals surface area (Å²) in [5.41, 5.74) is 6.14. The third-order valence-electron chi connectivity index (χ3n) is 7.34. The molecule has 4 aromatic rings. The topological polar surface area (TPSA) is 131 Å². The van der Waals surface area contributed by atoms with Crippen molar-refractivity contribution in [1.82, 2.24) is 4.98 Å².